The van der Waals surface area contributed by atoms with Crippen LogP contribution in [-0.2, 0) is 4.74 Å². The van der Waals surface area contributed by atoms with Crippen molar-refractivity contribution in [3.05, 3.63) is 70.3 Å². The van der Waals surface area contributed by atoms with Crippen LogP contribution in [0.1, 0.15) is 140 Å². The molecule has 2 atom stereocenters. The summed E-state index contributed by atoms with van der Waals surface area (Å²) in [5.41, 5.74) is -0.173. The summed E-state index contributed by atoms with van der Waals surface area (Å²) < 4.78 is 95.6. The molecule has 2 aromatic carbocycles. The van der Waals surface area contributed by atoms with E-state index < -0.39 is 47.1 Å². The Kier molecular flexibility index (Phi) is 11.3. The third-order valence-corrected chi connectivity index (χ3v) is 13.0. The maximum absolute atomic E-state index is 15.6. The molecule has 0 aliphatic heterocycles. The van der Waals surface area contributed by atoms with Gasteiger partial charge < -0.3 is 4.74 Å². The summed E-state index contributed by atoms with van der Waals surface area (Å²) in [7, 11) is 0. The fourth-order valence-corrected chi connectivity index (χ4v) is 9.91. The lowest BCUT2D eigenvalue weighted by molar-refractivity contribution is -0.0962. The van der Waals surface area contributed by atoms with E-state index in [4.69, 9.17) is 4.74 Å². The van der Waals surface area contributed by atoms with E-state index in [-0.39, 0.29) is 23.0 Å². The van der Waals surface area contributed by atoms with Crippen LogP contribution in [0.15, 0.2) is 24.3 Å². The first-order valence-electron chi connectivity index (χ1n) is 18.5. The van der Waals surface area contributed by atoms with Crippen molar-refractivity contribution in [3.8, 4) is 0 Å². The van der Waals surface area contributed by atoms with Gasteiger partial charge in [0.1, 0.15) is 0 Å². The van der Waals surface area contributed by atoms with Gasteiger partial charge in [-0.3, -0.25) is 0 Å². The van der Waals surface area contributed by atoms with Crippen molar-refractivity contribution in [3.63, 3.8) is 0 Å². The monoisotopic (exact) mass is 662 g/mol. The largest absolute Gasteiger partial charge is 0.365 e. The highest BCUT2D eigenvalue weighted by molar-refractivity contribution is 5.26. The van der Waals surface area contributed by atoms with Crippen LogP contribution in [0.3, 0.4) is 0 Å². The molecule has 4 aliphatic carbocycles. The topological polar surface area (TPSA) is 9.23 Å². The smallest absolute Gasteiger partial charge is 0.194 e. The second-order valence-corrected chi connectivity index (χ2v) is 15.9. The lowest BCUT2D eigenvalue weighted by Gasteiger charge is -2.43. The van der Waals surface area contributed by atoms with Gasteiger partial charge in [-0.25, -0.2) is 26.3 Å². The Hall–Kier alpha value is -2.02. The van der Waals surface area contributed by atoms with Crippen LogP contribution in [0.2, 0.25) is 0 Å². The number of benzene rings is 2. The van der Waals surface area contributed by atoms with Crippen LogP contribution in [0.25, 0.3) is 0 Å². The number of halogens is 6. The molecule has 0 saturated heterocycles. The van der Waals surface area contributed by atoms with Crippen molar-refractivity contribution in [2.24, 2.45) is 47.3 Å². The minimum atomic E-state index is -1.56. The van der Waals surface area contributed by atoms with Crippen LogP contribution in [0.4, 0.5) is 26.3 Å². The van der Waals surface area contributed by atoms with Gasteiger partial charge >= 0.3 is 0 Å². The zero-order valence-corrected chi connectivity index (χ0v) is 28.1. The molecule has 2 unspecified atom stereocenters. The first-order chi connectivity index (χ1) is 22.6. The fraction of sp³-hybridized carbons (Fsp3) is 0.700. The van der Waals surface area contributed by atoms with E-state index in [0.29, 0.717) is 23.7 Å². The molecule has 0 bridgehead atoms. The Morgan fingerprint density at radius 1 is 0.426 bits per heavy atom. The van der Waals surface area contributed by atoms with Gasteiger partial charge in [-0.2, -0.15) is 0 Å². The Morgan fingerprint density at radius 2 is 0.723 bits per heavy atom. The first kappa shape index (κ1) is 34.8. The molecule has 0 amide bonds. The van der Waals surface area contributed by atoms with Crippen molar-refractivity contribution in [1.82, 2.24) is 0 Å². The van der Waals surface area contributed by atoms with Crippen molar-refractivity contribution in [2.75, 3.05) is 0 Å². The molecule has 7 heteroatoms. The molecule has 260 valence electrons. The lowest BCUT2D eigenvalue weighted by atomic mass is 9.67. The second kappa shape index (κ2) is 15.3. The summed E-state index contributed by atoms with van der Waals surface area (Å²) in [6.45, 7) is 4.61. The predicted octanol–water partition coefficient (Wildman–Crippen LogP) is 12.6. The lowest BCUT2D eigenvalue weighted by Crippen LogP contribution is -2.32. The van der Waals surface area contributed by atoms with Crippen molar-refractivity contribution >= 4 is 0 Å². The Bertz CT molecular complexity index is 1230. The SMILES string of the molecule is C[C@H]1CC[C@H]([C@H]2CC[C@H](C(OC(c3ccc(F)c(F)c3F)[C@H]3CC[C@H]([C@H]4CC[C@H](C)CC4)CC3)c3ccc(F)c(F)c3F)CC2)CC1. The van der Waals surface area contributed by atoms with Crippen LogP contribution in [0.5, 0.6) is 0 Å². The van der Waals surface area contributed by atoms with Gasteiger partial charge in [-0.05, 0) is 137 Å². The summed E-state index contributed by atoms with van der Waals surface area (Å²) in [6, 6.07) is 4.32. The zero-order valence-electron chi connectivity index (χ0n) is 28.1. The number of rotatable bonds is 8. The molecule has 0 radical (unpaired) electrons. The molecular weight excluding hydrogens is 610 g/mol. The molecule has 4 saturated carbocycles. The summed E-state index contributed by atoms with van der Waals surface area (Å²) >= 11 is 0. The average molecular weight is 663 g/mol. The van der Waals surface area contributed by atoms with E-state index in [2.05, 4.69) is 13.8 Å². The van der Waals surface area contributed by atoms with Crippen molar-refractivity contribution in [1.29, 1.82) is 0 Å². The number of hydrogen-bond acceptors (Lipinski definition) is 1. The summed E-state index contributed by atoms with van der Waals surface area (Å²) in [5, 5.41) is 0. The van der Waals surface area contributed by atoms with Crippen molar-refractivity contribution < 1.29 is 31.1 Å². The molecule has 4 aliphatic rings. The molecule has 2 aromatic rings. The summed E-state index contributed by atoms with van der Waals surface area (Å²) in [6.07, 6.45) is 14.5. The van der Waals surface area contributed by atoms with E-state index in [1.54, 1.807) is 0 Å². The molecule has 1 nitrogen and oxygen atoms in total. The van der Waals surface area contributed by atoms with Crippen molar-refractivity contribution in [2.45, 2.75) is 129 Å². The minimum Gasteiger partial charge on any atom is -0.365 e. The third-order valence-electron chi connectivity index (χ3n) is 13.0. The summed E-state index contributed by atoms with van der Waals surface area (Å²) in [4.78, 5) is 0. The second-order valence-electron chi connectivity index (χ2n) is 15.9. The summed E-state index contributed by atoms with van der Waals surface area (Å²) in [5.74, 6) is -4.70. The maximum Gasteiger partial charge on any atom is 0.194 e. The highest BCUT2D eigenvalue weighted by atomic mass is 19.2. The van der Waals surface area contributed by atoms with E-state index in [1.165, 1.54) is 63.5 Å². The third kappa shape index (κ3) is 7.75. The standard InChI is InChI=1S/C40H52F6O/c1-23-3-7-25(8-4-23)27-11-15-29(16-12-27)39(31-19-21-33(41)37(45)35(31)43)47-40(32-20-22-34(42)38(46)36(32)44)30-17-13-28(14-18-30)26-9-5-24(2)6-10-26/h19-30,39-40H,3-18H2,1-2H3/t23-,24-,25-,26-,27-,28-,29-,30-,39?,40?. The highest BCUT2D eigenvalue weighted by Gasteiger charge is 2.41. The highest BCUT2D eigenvalue weighted by Crippen LogP contribution is 2.51. The number of hydrogen-bond donors (Lipinski definition) is 0. The quantitative estimate of drug-likeness (QED) is 0.202. The zero-order chi connectivity index (χ0) is 33.2. The molecule has 0 heterocycles. The van der Waals surface area contributed by atoms with Crippen LogP contribution < -0.4 is 0 Å². The van der Waals surface area contributed by atoms with E-state index in [0.717, 1.165) is 75.3 Å². The molecule has 0 spiro atoms. The van der Waals surface area contributed by atoms with Gasteiger partial charge in [0, 0.05) is 11.1 Å². The minimum absolute atomic E-state index is 0.0863. The van der Waals surface area contributed by atoms with Crippen LogP contribution >= 0.6 is 0 Å². The first-order valence-corrected chi connectivity index (χ1v) is 18.5. The van der Waals surface area contributed by atoms with Crippen LogP contribution in [-0.4, -0.2) is 0 Å². The van der Waals surface area contributed by atoms with Gasteiger partial charge in [0.2, 0.25) is 0 Å². The molecule has 47 heavy (non-hydrogen) atoms. The maximum atomic E-state index is 15.6. The predicted molar refractivity (Wildman–Crippen MR) is 172 cm³/mol. The van der Waals surface area contributed by atoms with E-state index in [1.807, 2.05) is 0 Å². The van der Waals surface area contributed by atoms with Crippen LogP contribution in [0, 0.1) is 82.2 Å². The normalized spacial score (nSPS) is 33.4. The molecular formula is C40H52F6O. The van der Waals surface area contributed by atoms with E-state index >= 15 is 8.78 Å². The van der Waals surface area contributed by atoms with Gasteiger partial charge in [0.25, 0.3) is 0 Å². The fourth-order valence-electron chi connectivity index (χ4n) is 9.91. The van der Waals surface area contributed by atoms with Gasteiger partial charge in [-0.1, -0.05) is 51.7 Å². The van der Waals surface area contributed by atoms with E-state index in [9.17, 15) is 17.6 Å². The van der Waals surface area contributed by atoms with Gasteiger partial charge in [-0.15, -0.1) is 0 Å². The Balaban J connectivity index is 1.27. The Morgan fingerprint density at radius 3 is 1.04 bits per heavy atom. The molecule has 4 fully saturated rings. The average Bonchev–Trinajstić information content (AvgIpc) is 3.09. The number of ether oxygens (including phenoxy) is 1. The Labute approximate surface area is 277 Å². The van der Waals surface area contributed by atoms with Gasteiger partial charge in [0.15, 0.2) is 34.9 Å². The molecule has 0 N–H and O–H groups in total. The molecule has 6 rings (SSSR count). The molecule has 0 aromatic heterocycles. The van der Waals surface area contributed by atoms with Gasteiger partial charge in [0.05, 0.1) is 12.2 Å².